The van der Waals surface area contributed by atoms with Crippen molar-refractivity contribution < 1.29 is 8.42 Å². The molecule has 0 fully saturated rings. The number of nitrogens with zero attached hydrogens (tertiary/aromatic N) is 3. The summed E-state index contributed by atoms with van der Waals surface area (Å²) in [5, 5.41) is 2.76. The minimum Gasteiger partial charge on any atom is -0.368 e. The first-order valence-corrected chi connectivity index (χ1v) is 7.36. The monoisotopic (exact) mass is 299 g/mol. The Kier molecular flexibility index (Phi) is 3.54. The quantitative estimate of drug-likeness (QED) is 0.877. The van der Waals surface area contributed by atoms with E-state index in [1.165, 1.54) is 12.1 Å². The second-order valence-electron chi connectivity index (χ2n) is 3.71. The van der Waals surface area contributed by atoms with Gasteiger partial charge in [0, 0.05) is 11.9 Å². The van der Waals surface area contributed by atoms with Crippen LogP contribution in [0.1, 0.15) is 0 Å². The fourth-order valence-electron chi connectivity index (χ4n) is 1.35. The van der Waals surface area contributed by atoms with Crippen LogP contribution in [0.25, 0.3) is 0 Å². The van der Waals surface area contributed by atoms with Gasteiger partial charge in [0.15, 0.2) is 9.84 Å². The van der Waals surface area contributed by atoms with E-state index in [-0.39, 0.29) is 22.1 Å². The van der Waals surface area contributed by atoms with Crippen molar-refractivity contribution in [2.24, 2.45) is 0 Å². The van der Waals surface area contributed by atoms with Crippen molar-refractivity contribution in [3.8, 4) is 0 Å². The lowest BCUT2D eigenvalue weighted by molar-refractivity contribution is 0.602. The summed E-state index contributed by atoms with van der Waals surface area (Å²) in [6, 6.07) is 6.23. The summed E-state index contributed by atoms with van der Waals surface area (Å²) in [7, 11) is -3.28. The van der Waals surface area contributed by atoms with Gasteiger partial charge in [-0.1, -0.05) is 6.07 Å². The Balaban J connectivity index is 2.33. The molecule has 0 radical (unpaired) electrons. The van der Waals surface area contributed by atoms with Gasteiger partial charge in [-0.15, -0.1) is 0 Å². The highest BCUT2D eigenvalue weighted by Gasteiger charge is 2.08. The van der Waals surface area contributed by atoms with E-state index in [0.29, 0.717) is 5.69 Å². The first-order valence-electron chi connectivity index (χ1n) is 5.09. The topological polar surface area (TPSA) is 111 Å². The third kappa shape index (κ3) is 3.52. The standard InChI is InChI=1S/C10H10ClN5O2S/c1-19(17,18)7-4-2-3-6(5-7)13-10-15-8(11)14-9(12)16-10/h2-5H,1H3,(H3,12,13,14,15,16). The van der Waals surface area contributed by atoms with E-state index in [9.17, 15) is 8.42 Å². The van der Waals surface area contributed by atoms with E-state index in [2.05, 4.69) is 20.3 Å². The smallest absolute Gasteiger partial charge is 0.233 e. The minimum atomic E-state index is -3.28. The fourth-order valence-corrected chi connectivity index (χ4v) is 2.19. The highest BCUT2D eigenvalue weighted by atomic mass is 35.5. The lowest BCUT2D eigenvalue weighted by Crippen LogP contribution is -2.04. The number of benzene rings is 1. The number of nitrogens with two attached hydrogens (primary N) is 1. The summed E-state index contributed by atoms with van der Waals surface area (Å²) >= 11 is 5.64. The van der Waals surface area contributed by atoms with Crippen molar-refractivity contribution in [1.29, 1.82) is 0 Å². The van der Waals surface area contributed by atoms with Crippen molar-refractivity contribution >= 4 is 39.0 Å². The number of aromatic nitrogens is 3. The number of nitrogen functional groups attached to an aromatic ring is 1. The van der Waals surface area contributed by atoms with Crippen LogP contribution in [-0.2, 0) is 9.84 Å². The Morgan fingerprint density at radius 3 is 2.63 bits per heavy atom. The molecule has 0 spiro atoms. The van der Waals surface area contributed by atoms with Gasteiger partial charge in [0.2, 0.25) is 17.2 Å². The molecule has 0 atom stereocenters. The Bertz CT molecular complexity index is 699. The predicted molar refractivity (Wildman–Crippen MR) is 72.1 cm³/mol. The van der Waals surface area contributed by atoms with Crippen molar-refractivity contribution in [3.63, 3.8) is 0 Å². The molecule has 0 unspecified atom stereocenters. The molecule has 0 saturated heterocycles. The average molecular weight is 300 g/mol. The van der Waals surface area contributed by atoms with Crippen LogP contribution in [0, 0.1) is 0 Å². The molecule has 9 heteroatoms. The largest absolute Gasteiger partial charge is 0.368 e. The number of halogens is 1. The lowest BCUT2D eigenvalue weighted by atomic mass is 10.3. The molecule has 100 valence electrons. The Morgan fingerprint density at radius 1 is 1.26 bits per heavy atom. The summed E-state index contributed by atoms with van der Waals surface area (Å²) in [5.41, 5.74) is 5.93. The molecule has 1 aromatic carbocycles. The summed E-state index contributed by atoms with van der Waals surface area (Å²) < 4.78 is 22.9. The number of hydrogen-bond donors (Lipinski definition) is 2. The maximum absolute atomic E-state index is 11.4. The number of anilines is 3. The SMILES string of the molecule is CS(=O)(=O)c1cccc(Nc2nc(N)nc(Cl)n2)c1. The van der Waals surface area contributed by atoms with Gasteiger partial charge in [-0.2, -0.15) is 15.0 Å². The fraction of sp³-hybridized carbons (Fsp3) is 0.100. The molecular formula is C10H10ClN5O2S. The van der Waals surface area contributed by atoms with Crippen LogP contribution in [0.15, 0.2) is 29.2 Å². The van der Waals surface area contributed by atoms with Gasteiger partial charge >= 0.3 is 0 Å². The predicted octanol–water partition coefficient (Wildman–Crippen LogP) is 1.25. The molecule has 1 heterocycles. The van der Waals surface area contributed by atoms with E-state index in [1.807, 2.05) is 0 Å². The molecule has 0 aliphatic rings. The van der Waals surface area contributed by atoms with Gasteiger partial charge in [0.05, 0.1) is 4.90 Å². The Hall–Kier alpha value is -1.93. The molecule has 0 aliphatic heterocycles. The van der Waals surface area contributed by atoms with E-state index < -0.39 is 9.84 Å². The number of hydrogen-bond acceptors (Lipinski definition) is 7. The summed E-state index contributed by atoms with van der Waals surface area (Å²) in [5.74, 6) is 0.116. The molecule has 0 amide bonds. The molecule has 3 N–H and O–H groups in total. The lowest BCUT2D eigenvalue weighted by Gasteiger charge is -2.06. The second-order valence-corrected chi connectivity index (χ2v) is 6.07. The minimum absolute atomic E-state index is 0.0261. The highest BCUT2D eigenvalue weighted by molar-refractivity contribution is 7.90. The first kappa shape index (κ1) is 13.5. The van der Waals surface area contributed by atoms with E-state index in [1.54, 1.807) is 12.1 Å². The third-order valence-electron chi connectivity index (χ3n) is 2.14. The van der Waals surface area contributed by atoms with Crippen LogP contribution < -0.4 is 11.1 Å². The molecular weight excluding hydrogens is 290 g/mol. The van der Waals surface area contributed by atoms with Crippen LogP contribution in [-0.4, -0.2) is 29.6 Å². The zero-order chi connectivity index (χ0) is 14.0. The second kappa shape index (κ2) is 4.98. The summed E-state index contributed by atoms with van der Waals surface area (Å²) in [6.45, 7) is 0. The van der Waals surface area contributed by atoms with Gasteiger partial charge in [-0.05, 0) is 29.8 Å². The zero-order valence-electron chi connectivity index (χ0n) is 9.83. The molecule has 0 bridgehead atoms. The third-order valence-corrected chi connectivity index (χ3v) is 3.42. The van der Waals surface area contributed by atoms with Crippen LogP contribution in [0.3, 0.4) is 0 Å². The van der Waals surface area contributed by atoms with Crippen LogP contribution in [0.2, 0.25) is 5.28 Å². The normalized spacial score (nSPS) is 11.3. The van der Waals surface area contributed by atoms with Gasteiger partial charge in [-0.25, -0.2) is 8.42 Å². The number of nitrogens with one attached hydrogen (secondary N) is 1. The summed E-state index contributed by atoms with van der Waals surface area (Å²) in [4.78, 5) is 11.5. The molecule has 0 aliphatic carbocycles. The molecule has 0 saturated carbocycles. The van der Waals surface area contributed by atoms with Crippen LogP contribution in [0.4, 0.5) is 17.6 Å². The highest BCUT2D eigenvalue weighted by Crippen LogP contribution is 2.18. The number of sulfone groups is 1. The first-order chi connectivity index (χ1) is 8.84. The van der Waals surface area contributed by atoms with Crippen molar-refractivity contribution in [1.82, 2.24) is 15.0 Å². The summed E-state index contributed by atoms with van der Waals surface area (Å²) in [6.07, 6.45) is 1.13. The van der Waals surface area contributed by atoms with Crippen LogP contribution >= 0.6 is 11.6 Å². The molecule has 2 aromatic rings. The van der Waals surface area contributed by atoms with Crippen molar-refractivity contribution in [3.05, 3.63) is 29.5 Å². The zero-order valence-corrected chi connectivity index (χ0v) is 11.4. The molecule has 2 rings (SSSR count). The van der Waals surface area contributed by atoms with Crippen LogP contribution in [0.5, 0.6) is 0 Å². The van der Waals surface area contributed by atoms with Gasteiger partial charge in [0.1, 0.15) is 0 Å². The van der Waals surface area contributed by atoms with Gasteiger partial charge < -0.3 is 11.1 Å². The number of rotatable bonds is 3. The maximum atomic E-state index is 11.4. The molecule has 19 heavy (non-hydrogen) atoms. The molecule has 1 aromatic heterocycles. The van der Waals surface area contributed by atoms with E-state index in [4.69, 9.17) is 17.3 Å². The van der Waals surface area contributed by atoms with E-state index >= 15 is 0 Å². The van der Waals surface area contributed by atoms with Crippen molar-refractivity contribution in [2.45, 2.75) is 4.90 Å². The van der Waals surface area contributed by atoms with Crippen molar-refractivity contribution in [2.75, 3.05) is 17.3 Å². The average Bonchev–Trinajstić information content (AvgIpc) is 2.26. The van der Waals surface area contributed by atoms with Gasteiger partial charge in [-0.3, -0.25) is 0 Å². The van der Waals surface area contributed by atoms with Gasteiger partial charge in [0.25, 0.3) is 0 Å². The Morgan fingerprint density at radius 2 is 2.00 bits per heavy atom. The maximum Gasteiger partial charge on any atom is 0.233 e. The Labute approximate surface area is 114 Å². The van der Waals surface area contributed by atoms with E-state index in [0.717, 1.165) is 6.26 Å². The molecule has 7 nitrogen and oxygen atoms in total.